The van der Waals surface area contributed by atoms with Crippen molar-refractivity contribution in [2.75, 3.05) is 25.6 Å². The second-order valence-electron chi connectivity index (χ2n) is 7.33. The van der Waals surface area contributed by atoms with Crippen LogP contribution in [0.25, 0.3) is 10.8 Å². The van der Waals surface area contributed by atoms with Crippen LogP contribution in [0.4, 0.5) is 5.69 Å². The Morgan fingerprint density at radius 3 is 2.73 bits per heavy atom. The molecule has 1 aliphatic heterocycles. The molecule has 2 heteroatoms. The van der Waals surface area contributed by atoms with Gasteiger partial charge in [-0.3, -0.25) is 0 Å². The molecule has 3 aromatic carbocycles. The van der Waals surface area contributed by atoms with Crippen molar-refractivity contribution in [3.05, 3.63) is 71.3 Å². The van der Waals surface area contributed by atoms with Crippen LogP contribution in [0.1, 0.15) is 36.0 Å². The van der Waals surface area contributed by atoms with Crippen LogP contribution in [0.15, 0.2) is 54.6 Å². The molecule has 0 bridgehead atoms. The maximum Gasteiger partial charge on any atom is 0.122 e. The first kappa shape index (κ1) is 17.0. The first-order valence-electron chi connectivity index (χ1n) is 9.59. The van der Waals surface area contributed by atoms with Gasteiger partial charge in [-0.1, -0.05) is 49.4 Å². The molecule has 1 heterocycles. The summed E-state index contributed by atoms with van der Waals surface area (Å²) < 4.78 is 5.53. The fourth-order valence-corrected chi connectivity index (χ4v) is 4.43. The molecule has 4 rings (SSSR count). The molecular formula is C24H27NO. The van der Waals surface area contributed by atoms with Crippen molar-refractivity contribution in [2.45, 2.75) is 32.1 Å². The lowest BCUT2D eigenvalue weighted by molar-refractivity contribution is 0.411. The fourth-order valence-electron chi connectivity index (χ4n) is 4.43. The maximum atomic E-state index is 5.53. The van der Waals surface area contributed by atoms with E-state index >= 15 is 0 Å². The smallest absolute Gasteiger partial charge is 0.122 e. The zero-order chi connectivity index (χ0) is 18.1. The number of nitrogens with zero attached hydrogens (tertiary/aromatic N) is 1. The molecule has 0 saturated heterocycles. The molecule has 134 valence electrons. The summed E-state index contributed by atoms with van der Waals surface area (Å²) in [5.74, 6) is 1.63. The minimum absolute atomic E-state index is 0.633. The van der Waals surface area contributed by atoms with E-state index in [1.165, 1.54) is 39.6 Å². The Balaban J connectivity index is 1.55. The molecule has 0 N–H and O–H groups in total. The quantitative estimate of drug-likeness (QED) is 0.599. The topological polar surface area (TPSA) is 12.5 Å². The average molecular weight is 345 g/mol. The van der Waals surface area contributed by atoms with Crippen molar-refractivity contribution in [1.29, 1.82) is 0 Å². The molecule has 0 amide bonds. The van der Waals surface area contributed by atoms with Crippen LogP contribution in [-0.2, 0) is 12.8 Å². The van der Waals surface area contributed by atoms with E-state index in [0.717, 1.165) is 25.1 Å². The molecule has 0 saturated carbocycles. The minimum Gasteiger partial charge on any atom is -0.496 e. The third-order valence-electron chi connectivity index (χ3n) is 5.79. The molecule has 0 aliphatic carbocycles. The first-order chi connectivity index (χ1) is 12.7. The van der Waals surface area contributed by atoms with Gasteiger partial charge in [0.05, 0.1) is 7.11 Å². The average Bonchev–Trinajstić information content (AvgIpc) is 3.01. The number of anilines is 1. The van der Waals surface area contributed by atoms with Crippen LogP contribution in [0, 0.1) is 0 Å². The molecular weight excluding hydrogens is 318 g/mol. The molecule has 0 fully saturated rings. The number of rotatable bonds is 5. The number of aryl methyl sites for hydroxylation is 2. The number of methoxy groups -OCH3 is 1. The predicted molar refractivity (Wildman–Crippen MR) is 111 cm³/mol. The van der Waals surface area contributed by atoms with Gasteiger partial charge in [-0.25, -0.2) is 0 Å². The van der Waals surface area contributed by atoms with E-state index in [1.807, 2.05) is 0 Å². The largest absolute Gasteiger partial charge is 0.496 e. The maximum absolute atomic E-state index is 5.53. The van der Waals surface area contributed by atoms with E-state index < -0.39 is 0 Å². The Bertz CT molecular complexity index is 931. The molecule has 0 radical (unpaired) electrons. The normalized spacial score (nSPS) is 16.1. The van der Waals surface area contributed by atoms with Crippen molar-refractivity contribution in [3.8, 4) is 5.75 Å². The van der Waals surface area contributed by atoms with Crippen LogP contribution in [0.5, 0.6) is 5.75 Å². The summed E-state index contributed by atoms with van der Waals surface area (Å²) in [5, 5.41) is 2.64. The lowest BCUT2D eigenvalue weighted by Crippen LogP contribution is -2.15. The van der Waals surface area contributed by atoms with Gasteiger partial charge in [0.2, 0.25) is 0 Å². The van der Waals surface area contributed by atoms with Crippen LogP contribution in [0.2, 0.25) is 0 Å². The third-order valence-corrected chi connectivity index (χ3v) is 5.79. The molecule has 3 aromatic rings. The van der Waals surface area contributed by atoms with Crippen molar-refractivity contribution in [2.24, 2.45) is 0 Å². The van der Waals surface area contributed by atoms with Crippen molar-refractivity contribution in [1.82, 2.24) is 0 Å². The predicted octanol–water partition coefficient (Wildman–Crippen LogP) is 5.58. The zero-order valence-electron chi connectivity index (χ0n) is 16.0. The van der Waals surface area contributed by atoms with Crippen LogP contribution >= 0.6 is 0 Å². The first-order valence-corrected chi connectivity index (χ1v) is 9.59. The van der Waals surface area contributed by atoms with E-state index in [2.05, 4.69) is 73.5 Å². The number of likely N-dealkylation sites (N-methyl/N-ethyl adjacent to an activating group) is 1. The van der Waals surface area contributed by atoms with Gasteiger partial charge in [0.1, 0.15) is 5.75 Å². The highest BCUT2D eigenvalue weighted by Gasteiger charge is 2.25. The Morgan fingerprint density at radius 2 is 1.92 bits per heavy atom. The van der Waals surface area contributed by atoms with Crippen LogP contribution in [0.3, 0.4) is 0 Å². The minimum atomic E-state index is 0.633. The third kappa shape index (κ3) is 2.94. The van der Waals surface area contributed by atoms with Gasteiger partial charge >= 0.3 is 0 Å². The zero-order valence-corrected chi connectivity index (χ0v) is 16.0. The lowest BCUT2D eigenvalue weighted by atomic mass is 9.92. The Kier molecular flexibility index (Phi) is 4.58. The van der Waals surface area contributed by atoms with E-state index in [9.17, 15) is 0 Å². The van der Waals surface area contributed by atoms with Gasteiger partial charge in [0, 0.05) is 30.8 Å². The summed E-state index contributed by atoms with van der Waals surface area (Å²) >= 11 is 0. The van der Waals surface area contributed by atoms with Crippen molar-refractivity contribution < 1.29 is 4.74 Å². The summed E-state index contributed by atoms with van der Waals surface area (Å²) in [6, 6.07) is 20.1. The number of fused-ring (bicyclic) bond motifs is 2. The van der Waals surface area contributed by atoms with E-state index in [1.54, 1.807) is 7.11 Å². The summed E-state index contributed by atoms with van der Waals surface area (Å²) in [6.07, 6.45) is 3.31. The number of hydrogen-bond acceptors (Lipinski definition) is 2. The highest BCUT2D eigenvalue weighted by atomic mass is 16.5. The Hall–Kier alpha value is -2.48. The summed E-state index contributed by atoms with van der Waals surface area (Å²) in [7, 11) is 3.96. The second kappa shape index (κ2) is 7.03. The Morgan fingerprint density at radius 1 is 1.08 bits per heavy atom. The van der Waals surface area contributed by atoms with E-state index in [0.29, 0.717) is 5.92 Å². The SMILES string of the molecule is CCc1c(OC)ccc2cc(CCC3CN(C)c4ccccc43)ccc12. The van der Waals surface area contributed by atoms with E-state index in [-0.39, 0.29) is 0 Å². The highest BCUT2D eigenvalue weighted by Crippen LogP contribution is 2.37. The molecule has 2 nitrogen and oxygen atoms in total. The van der Waals surface area contributed by atoms with Gasteiger partial charge < -0.3 is 9.64 Å². The van der Waals surface area contributed by atoms with Crippen molar-refractivity contribution >= 4 is 16.5 Å². The summed E-state index contributed by atoms with van der Waals surface area (Å²) in [4.78, 5) is 2.39. The van der Waals surface area contributed by atoms with Gasteiger partial charge in [0.15, 0.2) is 0 Å². The van der Waals surface area contributed by atoms with Crippen LogP contribution < -0.4 is 9.64 Å². The van der Waals surface area contributed by atoms with Gasteiger partial charge in [-0.05, 0) is 53.3 Å². The number of para-hydroxylation sites is 1. The van der Waals surface area contributed by atoms with Gasteiger partial charge in [-0.2, -0.15) is 0 Å². The van der Waals surface area contributed by atoms with Gasteiger partial charge in [-0.15, -0.1) is 0 Å². The molecule has 26 heavy (non-hydrogen) atoms. The summed E-state index contributed by atoms with van der Waals surface area (Å²) in [5.41, 5.74) is 5.64. The molecule has 1 unspecified atom stereocenters. The molecule has 0 spiro atoms. The van der Waals surface area contributed by atoms with Gasteiger partial charge in [0.25, 0.3) is 0 Å². The molecule has 1 atom stereocenters. The van der Waals surface area contributed by atoms with Crippen LogP contribution in [-0.4, -0.2) is 20.7 Å². The summed E-state index contributed by atoms with van der Waals surface area (Å²) in [6.45, 7) is 3.32. The van der Waals surface area contributed by atoms with E-state index in [4.69, 9.17) is 4.74 Å². The second-order valence-corrected chi connectivity index (χ2v) is 7.33. The molecule has 0 aromatic heterocycles. The fraction of sp³-hybridized carbons (Fsp3) is 0.333. The molecule has 1 aliphatic rings. The standard InChI is InChI=1S/C24H27NO/c1-4-20-21-13-10-17(15-18(21)12-14-24(20)26-3)9-11-19-16-25(2)23-8-6-5-7-22(19)23/h5-8,10,12-15,19H,4,9,11,16H2,1-3H3. The number of benzene rings is 3. The Labute approximate surface area is 156 Å². The van der Waals surface area contributed by atoms with Crippen molar-refractivity contribution in [3.63, 3.8) is 0 Å². The number of ether oxygens (including phenoxy) is 1. The highest BCUT2D eigenvalue weighted by molar-refractivity contribution is 5.88. The lowest BCUT2D eigenvalue weighted by Gasteiger charge is -2.14. The number of hydrogen-bond donors (Lipinski definition) is 0. The monoisotopic (exact) mass is 345 g/mol.